The number of rotatable bonds is 8. The minimum Gasteiger partial charge on any atom is -0.497 e. The summed E-state index contributed by atoms with van der Waals surface area (Å²) in [5.74, 6) is 5.49. The van der Waals surface area contributed by atoms with Crippen molar-refractivity contribution in [2.45, 2.75) is 18.4 Å². The quantitative estimate of drug-likeness (QED) is 0.279. The lowest BCUT2D eigenvalue weighted by Crippen LogP contribution is -2.34. The molecular formula is C22H25N5O5. The number of hydrazine groups is 1. The van der Waals surface area contributed by atoms with E-state index >= 15 is 0 Å². The lowest BCUT2D eigenvalue weighted by atomic mass is 10.1. The minimum absolute atomic E-state index is 0.276. The average Bonchev–Trinajstić information content (AvgIpc) is 3.49. The van der Waals surface area contributed by atoms with E-state index in [1.54, 1.807) is 43.9 Å². The molecule has 2 heterocycles. The van der Waals surface area contributed by atoms with E-state index in [9.17, 15) is 4.79 Å². The third-order valence-electron chi connectivity index (χ3n) is 5.02. The first-order valence-electron chi connectivity index (χ1n) is 10.0. The van der Waals surface area contributed by atoms with E-state index in [4.69, 9.17) is 24.8 Å². The van der Waals surface area contributed by atoms with Crippen LogP contribution in [0.1, 0.15) is 5.56 Å². The van der Waals surface area contributed by atoms with Crippen molar-refractivity contribution in [2.75, 3.05) is 25.6 Å². The van der Waals surface area contributed by atoms with Crippen molar-refractivity contribution in [1.82, 2.24) is 15.0 Å². The van der Waals surface area contributed by atoms with Crippen LogP contribution >= 0.6 is 0 Å². The largest absolute Gasteiger partial charge is 0.497 e. The third kappa shape index (κ3) is 4.99. The van der Waals surface area contributed by atoms with Crippen LogP contribution in [0.5, 0.6) is 11.5 Å². The van der Waals surface area contributed by atoms with Gasteiger partial charge in [0.15, 0.2) is 0 Å². The molecule has 32 heavy (non-hydrogen) atoms. The summed E-state index contributed by atoms with van der Waals surface area (Å²) in [5, 5.41) is 2.58. The summed E-state index contributed by atoms with van der Waals surface area (Å²) in [6.07, 6.45) is 5.03. The van der Waals surface area contributed by atoms with Crippen LogP contribution in [0.3, 0.4) is 0 Å². The third-order valence-corrected chi connectivity index (χ3v) is 5.02. The molecule has 0 spiro atoms. The summed E-state index contributed by atoms with van der Waals surface area (Å²) in [7, 11) is 1.63. The number of ether oxygens (including phenoxy) is 4. The number of benzene rings is 2. The Morgan fingerprint density at radius 2 is 1.97 bits per heavy atom. The van der Waals surface area contributed by atoms with Crippen LogP contribution in [0.2, 0.25) is 0 Å². The highest BCUT2D eigenvalue weighted by Crippen LogP contribution is 2.37. The van der Waals surface area contributed by atoms with E-state index in [1.807, 2.05) is 40.5 Å². The summed E-state index contributed by atoms with van der Waals surface area (Å²) in [5.41, 5.74) is 3.48. The summed E-state index contributed by atoms with van der Waals surface area (Å²) in [4.78, 5) is 15.4. The van der Waals surface area contributed by atoms with Gasteiger partial charge in [-0.1, -0.05) is 0 Å². The topological polar surface area (TPSA) is 122 Å². The Labute approximate surface area is 185 Å². The van der Waals surface area contributed by atoms with Crippen LogP contribution in [0.4, 0.5) is 10.5 Å². The number of methoxy groups -OCH3 is 1. The summed E-state index contributed by atoms with van der Waals surface area (Å²) < 4.78 is 25.6. The molecule has 10 nitrogen and oxygen atoms in total. The van der Waals surface area contributed by atoms with Gasteiger partial charge < -0.3 is 28.8 Å². The predicted molar refractivity (Wildman–Crippen MR) is 116 cm³/mol. The number of nitrogens with zero attached hydrogens (tertiary/aromatic N) is 2. The number of anilines is 1. The van der Waals surface area contributed by atoms with Crippen LogP contribution < -0.4 is 26.1 Å². The first-order chi connectivity index (χ1) is 15.6. The van der Waals surface area contributed by atoms with Gasteiger partial charge in [-0.25, -0.2) is 15.6 Å². The maximum absolute atomic E-state index is 11.3. The van der Waals surface area contributed by atoms with E-state index in [-0.39, 0.29) is 6.10 Å². The molecule has 2 atom stereocenters. The highest BCUT2D eigenvalue weighted by atomic mass is 16.8. The molecular weight excluding hydrogens is 414 g/mol. The van der Waals surface area contributed by atoms with Crippen molar-refractivity contribution in [1.29, 1.82) is 0 Å². The number of carbonyl (C=O) groups excluding carboxylic acids is 1. The standard InChI is InChI=1S/C22H25N5O5/c1-29-18-6-2-16(3-7-18)22(14-27-11-10-24-15-27)31-13-20(32-22)12-30-19-8-4-17(5-9-19)25-21(28)26-23/h2-11,15,20H,12-14,23H2,1H3,(H2,25,26,28). The average molecular weight is 439 g/mol. The van der Waals surface area contributed by atoms with Gasteiger partial charge in [0.05, 0.1) is 26.6 Å². The molecule has 4 N–H and O–H groups in total. The van der Waals surface area contributed by atoms with E-state index in [0.29, 0.717) is 31.2 Å². The molecule has 0 radical (unpaired) electrons. The normalized spacial score (nSPS) is 20.0. The molecule has 1 aromatic heterocycles. The van der Waals surface area contributed by atoms with E-state index in [2.05, 4.69) is 10.3 Å². The molecule has 168 valence electrons. The van der Waals surface area contributed by atoms with Gasteiger partial charge in [0, 0.05) is 23.6 Å². The summed E-state index contributed by atoms with van der Waals surface area (Å²) >= 11 is 0. The summed E-state index contributed by atoms with van der Waals surface area (Å²) in [6, 6.07) is 14.1. The second-order valence-corrected chi connectivity index (χ2v) is 7.20. The van der Waals surface area contributed by atoms with Gasteiger partial charge in [-0.2, -0.15) is 0 Å². The van der Waals surface area contributed by atoms with Crippen LogP contribution in [-0.2, 0) is 21.8 Å². The first-order valence-corrected chi connectivity index (χ1v) is 10.0. The second kappa shape index (κ2) is 9.69. The number of aromatic nitrogens is 2. The highest BCUT2D eigenvalue weighted by Gasteiger charge is 2.44. The molecule has 1 fully saturated rings. The molecule has 1 aliphatic heterocycles. The minimum atomic E-state index is -0.968. The molecule has 0 bridgehead atoms. The van der Waals surface area contributed by atoms with Gasteiger partial charge in [0.1, 0.15) is 24.2 Å². The monoisotopic (exact) mass is 439 g/mol. The van der Waals surface area contributed by atoms with Crippen LogP contribution in [-0.4, -0.2) is 42.0 Å². The molecule has 2 aromatic carbocycles. The Kier molecular flexibility index (Phi) is 6.55. The van der Waals surface area contributed by atoms with Crippen LogP contribution in [0.25, 0.3) is 0 Å². The van der Waals surface area contributed by atoms with Gasteiger partial charge in [0.25, 0.3) is 0 Å². The zero-order valence-electron chi connectivity index (χ0n) is 17.6. The van der Waals surface area contributed by atoms with E-state index in [1.165, 1.54) is 0 Å². The zero-order chi connectivity index (χ0) is 22.4. The molecule has 0 saturated carbocycles. The maximum Gasteiger partial charge on any atom is 0.333 e. The SMILES string of the molecule is COc1ccc(C2(Cn3ccnc3)OCC(COc3ccc(NC(=O)NN)cc3)O2)cc1. The van der Waals surface area contributed by atoms with Crippen molar-refractivity contribution < 1.29 is 23.7 Å². The van der Waals surface area contributed by atoms with Crippen LogP contribution in [0.15, 0.2) is 67.3 Å². The van der Waals surface area contributed by atoms with Crippen molar-refractivity contribution in [3.8, 4) is 11.5 Å². The fourth-order valence-corrected chi connectivity index (χ4v) is 3.43. The van der Waals surface area contributed by atoms with Gasteiger partial charge >= 0.3 is 6.03 Å². The maximum atomic E-state index is 11.3. The van der Waals surface area contributed by atoms with Gasteiger partial charge in [-0.05, 0) is 48.5 Å². The number of urea groups is 1. The van der Waals surface area contributed by atoms with E-state index < -0.39 is 11.8 Å². The molecule has 1 saturated heterocycles. The lowest BCUT2D eigenvalue weighted by Gasteiger charge is -2.29. The van der Waals surface area contributed by atoms with Gasteiger partial charge in [-0.3, -0.25) is 5.43 Å². The Morgan fingerprint density at radius 1 is 1.22 bits per heavy atom. The number of nitrogens with two attached hydrogens (primary N) is 1. The zero-order valence-corrected chi connectivity index (χ0v) is 17.6. The lowest BCUT2D eigenvalue weighted by molar-refractivity contribution is -0.189. The molecule has 1 aliphatic rings. The number of nitrogens with one attached hydrogen (secondary N) is 2. The van der Waals surface area contributed by atoms with Crippen LogP contribution in [0, 0.1) is 0 Å². The predicted octanol–water partition coefficient (Wildman–Crippen LogP) is 2.23. The Bertz CT molecular complexity index is 1010. The molecule has 2 unspecified atom stereocenters. The molecule has 10 heteroatoms. The van der Waals surface area contributed by atoms with Gasteiger partial charge in [0.2, 0.25) is 5.79 Å². The van der Waals surface area contributed by atoms with Gasteiger partial charge in [-0.15, -0.1) is 0 Å². The summed E-state index contributed by atoms with van der Waals surface area (Å²) in [6.45, 7) is 1.12. The number of amides is 2. The van der Waals surface area contributed by atoms with Crippen molar-refractivity contribution >= 4 is 11.7 Å². The number of carbonyl (C=O) groups is 1. The molecule has 3 aromatic rings. The fourth-order valence-electron chi connectivity index (χ4n) is 3.43. The second-order valence-electron chi connectivity index (χ2n) is 7.20. The van der Waals surface area contributed by atoms with Crippen molar-refractivity contribution in [3.63, 3.8) is 0 Å². The Morgan fingerprint density at radius 3 is 2.62 bits per heavy atom. The van der Waals surface area contributed by atoms with Crippen molar-refractivity contribution in [2.24, 2.45) is 5.84 Å². The number of hydrogen-bond donors (Lipinski definition) is 3. The molecule has 2 amide bonds. The Balaban J connectivity index is 1.42. The fraction of sp³-hybridized carbons (Fsp3) is 0.273. The van der Waals surface area contributed by atoms with E-state index in [0.717, 1.165) is 11.3 Å². The number of hydrogen-bond acceptors (Lipinski definition) is 7. The highest BCUT2D eigenvalue weighted by molar-refractivity contribution is 5.88. The molecule has 4 rings (SSSR count). The molecule has 0 aliphatic carbocycles. The first kappa shape index (κ1) is 21.6. The number of imidazole rings is 1. The van der Waals surface area contributed by atoms with Crippen molar-refractivity contribution in [3.05, 3.63) is 72.8 Å². The Hall–Kier alpha value is -3.60. The smallest absolute Gasteiger partial charge is 0.333 e.